The second-order valence-electron chi connectivity index (χ2n) is 4.05. The Morgan fingerprint density at radius 1 is 1.50 bits per heavy atom. The second-order valence-corrected chi connectivity index (χ2v) is 5.82. The third-order valence-electron chi connectivity index (χ3n) is 2.41. The van der Waals surface area contributed by atoms with Gasteiger partial charge in [0.2, 0.25) is 0 Å². The molecule has 0 unspecified atom stereocenters. The number of benzene rings is 1. The van der Waals surface area contributed by atoms with Crippen LogP contribution in [0, 0.1) is 0 Å². The summed E-state index contributed by atoms with van der Waals surface area (Å²) in [5, 5.41) is 6.30. The molecular weight excluding hydrogens is 312 g/mol. The van der Waals surface area contributed by atoms with Crippen LogP contribution >= 0.6 is 27.3 Å². The van der Waals surface area contributed by atoms with E-state index in [4.69, 9.17) is 4.74 Å². The Hall–Kier alpha value is -0.910. The fourth-order valence-electron chi connectivity index (χ4n) is 1.62. The maximum Gasteiger partial charge on any atom is 0.183 e. The SMILES string of the molecule is COC[C@H](C)Nc1nc(-c2cccc(Br)c2)cs1. The summed E-state index contributed by atoms with van der Waals surface area (Å²) in [5.74, 6) is 0. The molecule has 0 aliphatic rings. The molecular formula is C13H15BrN2OS. The van der Waals surface area contributed by atoms with Crippen LogP contribution in [0.25, 0.3) is 11.3 Å². The summed E-state index contributed by atoms with van der Waals surface area (Å²) in [6.45, 7) is 2.75. The zero-order chi connectivity index (χ0) is 13.0. The van der Waals surface area contributed by atoms with Gasteiger partial charge in [-0.25, -0.2) is 4.98 Å². The highest BCUT2D eigenvalue weighted by Gasteiger charge is 2.07. The molecule has 0 bridgehead atoms. The van der Waals surface area contributed by atoms with Crippen LogP contribution in [0.3, 0.4) is 0 Å². The average Bonchev–Trinajstić information content (AvgIpc) is 2.78. The van der Waals surface area contributed by atoms with Crippen molar-refractivity contribution in [3.05, 3.63) is 34.1 Å². The lowest BCUT2D eigenvalue weighted by Crippen LogP contribution is -2.20. The standard InChI is InChI=1S/C13H15BrN2OS/c1-9(7-17-2)15-13-16-12(8-18-13)10-4-3-5-11(14)6-10/h3-6,8-9H,7H2,1-2H3,(H,15,16)/t9-/m0/s1. The van der Waals surface area contributed by atoms with Crippen LogP contribution in [-0.2, 0) is 4.74 Å². The Bertz CT molecular complexity index is 515. The highest BCUT2D eigenvalue weighted by atomic mass is 79.9. The van der Waals surface area contributed by atoms with Gasteiger partial charge in [0.15, 0.2) is 5.13 Å². The van der Waals surface area contributed by atoms with E-state index in [1.165, 1.54) is 0 Å². The van der Waals surface area contributed by atoms with Gasteiger partial charge in [-0.05, 0) is 19.1 Å². The molecule has 1 heterocycles. The summed E-state index contributed by atoms with van der Waals surface area (Å²) in [5.41, 5.74) is 2.11. The molecule has 5 heteroatoms. The quantitative estimate of drug-likeness (QED) is 0.901. The zero-order valence-electron chi connectivity index (χ0n) is 10.3. The number of hydrogen-bond donors (Lipinski definition) is 1. The van der Waals surface area contributed by atoms with Crippen LogP contribution < -0.4 is 5.32 Å². The predicted octanol–water partition coefficient (Wildman–Crippen LogP) is 4.02. The van der Waals surface area contributed by atoms with Crippen molar-refractivity contribution in [2.24, 2.45) is 0 Å². The van der Waals surface area contributed by atoms with Gasteiger partial charge in [-0.3, -0.25) is 0 Å². The van der Waals surface area contributed by atoms with E-state index in [1.54, 1.807) is 18.4 Å². The smallest absolute Gasteiger partial charge is 0.183 e. The minimum absolute atomic E-state index is 0.261. The lowest BCUT2D eigenvalue weighted by atomic mass is 10.2. The first-order valence-corrected chi connectivity index (χ1v) is 7.33. The molecule has 1 aromatic carbocycles. The number of rotatable bonds is 5. The van der Waals surface area contributed by atoms with Crippen LogP contribution in [0.2, 0.25) is 0 Å². The van der Waals surface area contributed by atoms with Gasteiger partial charge in [0.25, 0.3) is 0 Å². The molecule has 18 heavy (non-hydrogen) atoms. The fourth-order valence-corrected chi connectivity index (χ4v) is 2.85. The van der Waals surface area contributed by atoms with Crippen molar-refractivity contribution in [2.75, 3.05) is 19.0 Å². The van der Waals surface area contributed by atoms with Crippen molar-refractivity contribution >= 4 is 32.4 Å². The molecule has 0 amide bonds. The summed E-state index contributed by atoms with van der Waals surface area (Å²) in [6.07, 6.45) is 0. The number of halogens is 1. The van der Waals surface area contributed by atoms with E-state index < -0.39 is 0 Å². The molecule has 2 aromatic rings. The normalized spacial score (nSPS) is 12.4. The van der Waals surface area contributed by atoms with Gasteiger partial charge in [0.05, 0.1) is 12.3 Å². The lowest BCUT2D eigenvalue weighted by Gasteiger charge is -2.10. The van der Waals surface area contributed by atoms with Gasteiger partial charge in [0.1, 0.15) is 0 Å². The van der Waals surface area contributed by atoms with E-state index in [9.17, 15) is 0 Å². The number of methoxy groups -OCH3 is 1. The van der Waals surface area contributed by atoms with Crippen molar-refractivity contribution in [2.45, 2.75) is 13.0 Å². The monoisotopic (exact) mass is 326 g/mol. The van der Waals surface area contributed by atoms with E-state index in [1.807, 2.05) is 12.1 Å². The molecule has 1 aromatic heterocycles. The first-order valence-electron chi connectivity index (χ1n) is 5.66. The largest absolute Gasteiger partial charge is 0.383 e. The molecule has 0 aliphatic heterocycles. The Labute approximate surface area is 119 Å². The van der Waals surface area contributed by atoms with E-state index in [-0.39, 0.29) is 6.04 Å². The van der Waals surface area contributed by atoms with Crippen LogP contribution in [-0.4, -0.2) is 24.7 Å². The number of nitrogens with one attached hydrogen (secondary N) is 1. The number of hydrogen-bond acceptors (Lipinski definition) is 4. The molecule has 1 atom stereocenters. The number of aromatic nitrogens is 1. The molecule has 0 radical (unpaired) electrons. The molecule has 0 saturated carbocycles. The summed E-state index contributed by atoms with van der Waals surface area (Å²) < 4.78 is 6.16. The second kappa shape index (κ2) is 6.31. The first-order chi connectivity index (χ1) is 8.69. The molecule has 3 nitrogen and oxygen atoms in total. The summed E-state index contributed by atoms with van der Waals surface area (Å²) in [7, 11) is 1.70. The summed E-state index contributed by atoms with van der Waals surface area (Å²) >= 11 is 5.08. The van der Waals surface area contributed by atoms with Crippen molar-refractivity contribution in [1.29, 1.82) is 0 Å². The van der Waals surface area contributed by atoms with Crippen molar-refractivity contribution in [1.82, 2.24) is 4.98 Å². The highest BCUT2D eigenvalue weighted by Crippen LogP contribution is 2.27. The summed E-state index contributed by atoms with van der Waals surface area (Å²) in [4.78, 5) is 4.57. The predicted molar refractivity (Wildman–Crippen MR) is 80.2 cm³/mol. The van der Waals surface area contributed by atoms with Crippen LogP contribution in [0.5, 0.6) is 0 Å². The molecule has 0 aliphatic carbocycles. The van der Waals surface area contributed by atoms with Gasteiger partial charge in [-0.15, -0.1) is 11.3 Å². The number of thiazole rings is 1. The molecule has 96 valence electrons. The Morgan fingerprint density at radius 3 is 3.06 bits per heavy atom. The average molecular weight is 327 g/mol. The number of nitrogens with zero attached hydrogens (tertiary/aromatic N) is 1. The third kappa shape index (κ3) is 3.54. The summed E-state index contributed by atoms with van der Waals surface area (Å²) in [6, 6.07) is 8.41. The van der Waals surface area contributed by atoms with Gasteiger partial charge in [-0.1, -0.05) is 28.1 Å². The minimum atomic E-state index is 0.261. The Balaban J connectivity index is 2.10. The maximum atomic E-state index is 5.09. The van der Waals surface area contributed by atoms with E-state index in [2.05, 4.69) is 50.7 Å². The fraction of sp³-hybridized carbons (Fsp3) is 0.308. The van der Waals surface area contributed by atoms with Gasteiger partial charge < -0.3 is 10.1 Å². The van der Waals surface area contributed by atoms with Crippen LogP contribution in [0.1, 0.15) is 6.92 Å². The van der Waals surface area contributed by atoms with Crippen LogP contribution in [0.4, 0.5) is 5.13 Å². The van der Waals surface area contributed by atoms with E-state index >= 15 is 0 Å². The van der Waals surface area contributed by atoms with Crippen molar-refractivity contribution in [3.8, 4) is 11.3 Å². The topological polar surface area (TPSA) is 34.1 Å². The van der Waals surface area contributed by atoms with E-state index in [0.29, 0.717) is 6.61 Å². The molecule has 0 saturated heterocycles. The van der Waals surface area contributed by atoms with Gasteiger partial charge in [-0.2, -0.15) is 0 Å². The molecule has 1 N–H and O–H groups in total. The zero-order valence-corrected chi connectivity index (χ0v) is 12.7. The van der Waals surface area contributed by atoms with Crippen LogP contribution in [0.15, 0.2) is 34.1 Å². The lowest BCUT2D eigenvalue weighted by molar-refractivity contribution is 0.190. The van der Waals surface area contributed by atoms with Gasteiger partial charge >= 0.3 is 0 Å². The van der Waals surface area contributed by atoms with E-state index in [0.717, 1.165) is 20.9 Å². The molecule has 0 spiro atoms. The number of anilines is 1. The highest BCUT2D eigenvalue weighted by molar-refractivity contribution is 9.10. The van der Waals surface area contributed by atoms with Gasteiger partial charge in [0, 0.05) is 28.6 Å². The minimum Gasteiger partial charge on any atom is -0.383 e. The third-order valence-corrected chi connectivity index (χ3v) is 3.68. The Morgan fingerprint density at radius 2 is 2.33 bits per heavy atom. The van der Waals surface area contributed by atoms with Crippen molar-refractivity contribution in [3.63, 3.8) is 0 Å². The molecule has 2 rings (SSSR count). The van der Waals surface area contributed by atoms with Crippen molar-refractivity contribution < 1.29 is 4.74 Å². The number of ether oxygens (including phenoxy) is 1. The first kappa shape index (κ1) is 13.5. The maximum absolute atomic E-state index is 5.09. The molecule has 0 fully saturated rings. The Kier molecular flexibility index (Phi) is 4.74.